The van der Waals surface area contributed by atoms with Gasteiger partial charge in [0.1, 0.15) is 10.8 Å². The van der Waals surface area contributed by atoms with Crippen LogP contribution in [0.25, 0.3) is 10.9 Å². The highest BCUT2D eigenvalue weighted by atomic mass is 35.5. The number of aromatic amines is 1. The van der Waals surface area contributed by atoms with Crippen molar-refractivity contribution in [2.75, 3.05) is 19.7 Å². The lowest BCUT2D eigenvalue weighted by Crippen LogP contribution is -2.55. The van der Waals surface area contributed by atoms with Gasteiger partial charge in [0.15, 0.2) is 0 Å². The Kier molecular flexibility index (Phi) is 3.84. The Labute approximate surface area is 133 Å². The number of nitrogens with zero attached hydrogens (tertiary/aromatic N) is 2. The van der Waals surface area contributed by atoms with Gasteiger partial charge in [-0.3, -0.25) is 4.79 Å². The van der Waals surface area contributed by atoms with Gasteiger partial charge in [-0.05, 0) is 26.0 Å². The SMILES string of the molecule is CC(C)(O)COC1CN(C(=O)c2cc3cnc(Cl)cc3[nH]2)C1. The van der Waals surface area contributed by atoms with E-state index < -0.39 is 5.60 Å². The predicted molar refractivity (Wildman–Crippen MR) is 83.0 cm³/mol. The number of aliphatic hydroxyl groups is 1. The van der Waals surface area contributed by atoms with Crippen molar-refractivity contribution in [1.29, 1.82) is 0 Å². The lowest BCUT2D eigenvalue weighted by Gasteiger charge is -2.39. The predicted octanol–water partition coefficient (Wildman–Crippen LogP) is 1.83. The Bertz CT molecular complexity index is 702. The summed E-state index contributed by atoms with van der Waals surface area (Å²) in [5, 5.41) is 10.9. The number of nitrogens with one attached hydrogen (secondary N) is 1. The van der Waals surface area contributed by atoms with Crippen molar-refractivity contribution in [2.24, 2.45) is 0 Å². The molecule has 2 N–H and O–H groups in total. The van der Waals surface area contributed by atoms with Crippen molar-refractivity contribution >= 4 is 28.4 Å². The minimum Gasteiger partial charge on any atom is -0.388 e. The average molecular weight is 324 g/mol. The molecule has 1 amide bonds. The number of fused-ring (bicyclic) bond motifs is 1. The summed E-state index contributed by atoms with van der Waals surface area (Å²) in [7, 11) is 0. The van der Waals surface area contributed by atoms with E-state index in [0.717, 1.165) is 10.9 Å². The minimum atomic E-state index is -0.853. The van der Waals surface area contributed by atoms with Gasteiger partial charge in [0.2, 0.25) is 0 Å². The summed E-state index contributed by atoms with van der Waals surface area (Å²) in [5.74, 6) is -0.0737. The zero-order valence-corrected chi connectivity index (χ0v) is 13.2. The molecule has 0 radical (unpaired) electrons. The van der Waals surface area contributed by atoms with Crippen LogP contribution in [-0.2, 0) is 4.74 Å². The summed E-state index contributed by atoms with van der Waals surface area (Å²) in [6, 6.07) is 3.46. The smallest absolute Gasteiger partial charge is 0.270 e. The fourth-order valence-corrected chi connectivity index (χ4v) is 2.48. The number of likely N-dealkylation sites (tertiary alicyclic amines) is 1. The molecule has 6 nitrogen and oxygen atoms in total. The van der Waals surface area contributed by atoms with Gasteiger partial charge < -0.3 is 19.7 Å². The van der Waals surface area contributed by atoms with Crippen LogP contribution in [0, 0.1) is 0 Å². The fourth-order valence-electron chi connectivity index (χ4n) is 2.32. The molecule has 22 heavy (non-hydrogen) atoms. The molecule has 1 saturated heterocycles. The van der Waals surface area contributed by atoms with Crippen LogP contribution in [0.1, 0.15) is 24.3 Å². The number of halogens is 1. The van der Waals surface area contributed by atoms with Crippen LogP contribution in [0.15, 0.2) is 18.3 Å². The first-order valence-electron chi connectivity index (χ1n) is 7.09. The lowest BCUT2D eigenvalue weighted by atomic mass is 10.1. The van der Waals surface area contributed by atoms with Crippen molar-refractivity contribution in [2.45, 2.75) is 25.6 Å². The van der Waals surface area contributed by atoms with E-state index in [1.54, 1.807) is 37.1 Å². The van der Waals surface area contributed by atoms with Crippen molar-refractivity contribution in [3.63, 3.8) is 0 Å². The topological polar surface area (TPSA) is 78.5 Å². The van der Waals surface area contributed by atoms with E-state index >= 15 is 0 Å². The molecule has 0 atom stereocenters. The standard InChI is InChI=1S/C15H18ClN3O3/c1-15(2,21)8-22-10-6-19(7-10)14(20)12-3-9-5-17-13(16)4-11(9)18-12/h3-5,10,18,21H,6-8H2,1-2H3. The Morgan fingerprint density at radius 3 is 2.95 bits per heavy atom. The Balaban J connectivity index is 1.60. The summed E-state index contributed by atoms with van der Waals surface area (Å²) >= 11 is 5.84. The van der Waals surface area contributed by atoms with Gasteiger partial charge in [0.05, 0.1) is 23.8 Å². The molecule has 1 aliphatic rings. The number of amides is 1. The van der Waals surface area contributed by atoms with Crippen LogP contribution >= 0.6 is 11.6 Å². The van der Waals surface area contributed by atoms with Crippen LogP contribution in [0.2, 0.25) is 5.15 Å². The molecule has 0 saturated carbocycles. The molecule has 0 spiro atoms. The quantitative estimate of drug-likeness (QED) is 0.841. The summed E-state index contributed by atoms with van der Waals surface area (Å²) in [5.41, 5.74) is 0.451. The number of pyridine rings is 1. The zero-order chi connectivity index (χ0) is 15.9. The van der Waals surface area contributed by atoms with Crippen LogP contribution in [0.3, 0.4) is 0 Å². The van der Waals surface area contributed by atoms with E-state index in [9.17, 15) is 9.90 Å². The molecule has 3 rings (SSSR count). The van der Waals surface area contributed by atoms with Crippen LogP contribution < -0.4 is 0 Å². The molecule has 7 heteroatoms. The largest absolute Gasteiger partial charge is 0.388 e. The van der Waals surface area contributed by atoms with E-state index in [0.29, 0.717) is 23.9 Å². The molecule has 0 unspecified atom stereocenters. The van der Waals surface area contributed by atoms with E-state index in [1.165, 1.54) is 0 Å². The van der Waals surface area contributed by atoms with E-state index in [1.807, 2.05) is 0 Å². The van der Waals surface area contributed by atoms with Crippen molar-refractivity contribution in [3.05, 3.63) is 29.2 Å². The molecule has 2 aromatic heterocycles. The van der Waals surface area contributed by atoms with E-state index in [2.05, 4.69) is 9.97 Å². The van der Waals surface area contributed by atoms with Crippen LogP contribution in [0.4, 0.5) is 0 Å². The van der Waals surface area contributed by atoms with Gasteiger partial charge >= 0.3 is 0 Å². The van der Waals surface area contributed by atoms with Crippen molar-refractivity contribution < 1.29 is 14.6 Å². The highest BCUT2D eigenvalue weighted by Crippen LogP contribution is 2.21. The first-order chi connectivity index (χ1) is 10.3. The third-order valence-electron chi connectivity index (χ3n) is 3.51. The first kappa shape index (κ1) is 15.3. The molecule has 3 heterocycles. The maximum Gasteiger partial charge on any atom is 0.270 e. The van der Waals surface area contributed by atoms with Crippen LogP contribution in [-0.4, -0.2) is 57.3 Å². The second-order valence-electron chi connectivity index (χ2n) is 6.23. The lowest BCUT2D eigenvalue weighted by molar-refractivity contribution is -0.0943. The average Bonchev–Trinajstić information content (AvgIpc) is 2.78. The third-order valence-corrected chi connectivity index (χ3v) is 3.72. The monoisotopic (exact) mass is 323 g/mol. The number of carbonyl (C=O) groups is 1. The normalized spacial score (nSPS) is 16.1. The van der Waals surface area contributed by atoms with Gasteiger partial charge in [-0.2, -0.15) is 0 Å². The molecule has 1 aliphatic heterocycles. The van der Waals surface area contributed by atoms with Crippen molar-refractivity contribution in [3.8, 4) is 0 Å². The fraction of sp³-hybridized carbons (Fsp3) is 0.467. The maximum absolute atomic E-state index is 12.4. The minimum absolute atomic E-state index is 0.0177. The molecule has 0 bridgehead atoms. The first-order valence-corrected chi connectivity index (χ1v) is 7.47. The highest BCUT2D eigenvalue weighted by molar-refractivity contribution is 6.30. The Hall–Kier alpha value is -1.63. The van der Waals surface area contributed by atoms with Gasteiger partial charge in [-0.1, -0.05) is 11.6 Å². The molecule has 118 valence electrons. The number of ether oxygens (including phenoxy) is 1. The molecule has 2 aromatic rings. The number of hydrogen-bond acceptors (Lipinski definition) is 4. The Morgan fingerprint density at radius 1 is 1.55 bits per heavy atom. The van der Waals surface area contributed by atoms with Gasteiger partial charge in [0, 0.05) is 24.7 Å². The van der Waals surface area contributed by atoms with Crippen LogP contribution in [0.5, 0.6) is 0 Å². The van der Waals surface area contributed by atoms with Gasteiger partial charge in [-0.25, -0.2) is 4.98 Å². The van der Waals surface area contributed by atoms with Crippen molar-refractivity contribution in [1.82, 2.24) is 14.9 Å². The van der Waals surface area contributed by atoms with E-state index in [-0.39, 0.29) is 18.6 Å². The van der Waals surface area contributed by atoms with E-state index in [4.69, 9.17) is 16.3 Å². The molecular weight excluding hydrogens is 306 g/mol. The molecular formula is C15H18ClN3O3. The molecule has 0 aromatic carbocycles. The zero-order valence-electron chi connectivity index (χ0n) is 12.5. The second kappa shape index (κ2) is 5.53. The number of aromatic nitrogens is 2. The Morgan fingerprint density at radius 2 is 2.27 bits per heavy atom. The number of hydrogen-bond donors (Lipinski definition) is 2. The van der Waals surface area contributed by atoms with Gasteiger partial charge in [-0.15, -0.1) is 0 Å². The number of rotatable bonds is 4. The third kappa shape index (κ3) is 3.24. The number of H-pyrrole nitrogens is 1. The van der Waals surface area contributed by atoms with Gasteiger partial charge in [0.25, 0.3) is 5.91 Å². The summed E-state index contributed by atoms with van der Waals surface area (Å²) in [6.45, 7) is 4.71. The molecule has 0 aliphatic carbocycles. The number of carbonyl (C=O) groups excluding carboxylic acids is 1. The summed E-state index contributed by atoms with van der Waals surface area (Å²) in [4.78, 5) is 21.1. The summed E-state index contributed by atoms with van der Waals surface area (Å²) < 4.78 is 5.55. The highest BCUT2D eigenvalue weighted by Gasteiger charge is 2.33. The summed E-state index contributed by atoms with van der Waals surface area (Å²) in [6.07, 6.45) is 1.62. The maximum atomic E-state index is 12.4. The second-order valence-corrected chi connectivity index (χ2v) is 6.62. The molecule has 1 fully saturated rings.